The standard InChI is InChI=1S/C18H19N3O6/c1-26-15-5-7-16(8-6-15)27-10-9-19-17(22)12-20-18(23)13-3-2-4-14(11-13)21(24)25/h2-8,11H,9-10,12H2,1H3,(H,19,22)(H,20,23). The summed E-state index contributed by atoms with van der Waals surface area (Å²) in [5.74, 6) is 0.398. The number of nitrogens with zero attached hydrogens (tertiary/aromatic N) is 1. The van der Waals surface area contributed by atoms with Crippen molar-refractivity contribution in [1.29, 1.82) is 0 Å². The van der Waals surface area contributed by atoms with Crippen molar-refractivity contribution in [2.75, 3.05) is 26.8 Å². The summed E-state index contributed by atoms with van der Waals surface area (Å²) in [6, 6.07) is 12.3. The Labute approximate surface area is 155 Å². The summed E-state index contributed by atoms with van der Waals surface area (Å²) in [5.41, 5.74) is -0.0809. The van der Waals surface area contributed by atoms with Gasteiger partial charge in [0.1, 0.15) is 18.1 Å². The summed E-state index contributed by atoms with van der Waals surface area (Å²) >= 11 is 0. The van der Waals surface area contributed by atoms with Crippen molar-refractivity contribution < 1.29 is 24.0 Å². The Morgan fingerprint density at radius 3 is 2.44 bits per heavy atom. The predicted octanol–water partition coefficient (Wildman–Crippen LogP) is 1.53. The zero-order valence-corrected chi connectivity index (χ0v) is 14.6. The van der Waals surface area contributed by atoms with Crippen LogP contribution in [0.4, 0.5) is 5.69 Å². The van der Waals surface area contributed by atoms with Crippen molar-refractivity contribution in [3.8, 4) is 11.5 Å². The lowest BCUT2D eigenvalue weighted by molar-refractivity contribution is -0.384. The highest BCUT2D eigenvalue weighted by molar-refractivity contribution is 5.96. The van der Waals surface area contributed by atoms with E-state index in [1.807, 2.05) is 0 Å². The van der Waals surface area contributed by atoms with Gasteiger partial charge < -0.3 is 20.1 Å². The second kappa shape index (κ2) is 9.76. The Bertz CT molecular complexity index is 807. The number of nitrogens with one attached hydrogen (secondary N) is 2. The Balaban J connectivity index is 1.68. The summed E-state index contributed by atoms with van der Waals surface area (Å²) in [5, 5.41) is 15.7. The third-order valence-corrected chi connectivity index (χ3v) is 3.48. The van der Waals surface area contributed by atoms with E-state index in [1.54, 1.807) is 31.4 Å². The number of nitro groups is 1. The Morgan fingerprint density at radius 1 is 1.07 bits per heavy atom. The van der Waals surface area contributed by atoms with Crippen molar-refractivity contribution in [2.45, 2.75) is 0 Å². The van der Waals surface area contributed by atoms with E-state index in [-0.39, 0.29) is 30.9 Å². The maximum absolute atomic E-state index is 11.9. The molecule has 0 heterocycles. The molecule has 0 fully saturated rings. The van der Waals surface area contributed by atoms with E-state index in [0.29, 0.717) is 5.75 Å². The molecule has 9 nitrogen and oxygen atoms in total. The minimum absolute atomic E-state index is 0.111. The van der Waals surface area contributed by atoms with Gasteiger partial charge in [-0.1, -0.05) is 6.07 Å². The van der Waals surface area contributed by atoms with Crippen LogP contribution in [0.1, 0.15) is 10.4 Å². The van der Waals surface area contributed by atoms with E-state index < -0.39 is 16.7 Å². The van der Waals surface area contributed by atoms with Crippen molar-refractivity contribution in [2.24, 2.45) is 0 Å². The molecule has 0 atom stereocenters. The summed E-state index contributed by atoms with van der Waals surface area (Å²) in [4.78, 5) is 33.8. The second-order valence-corrected chi connectivity index (χ2v) is 5.36. The number of ether oxygens (including phenoxy) is 2. The molecule has 0 saturated carbocycles. The second-order valence-electron chi connectivity index (χ2n) is 5.36. The number of carbonyl (C=O) groups excluding carboxylic acids is 2. The number of carbonyl (C=O) groups is 2. The number of amides is 2. The van der Waals surface area contributed by atoms with Crippen LogP contribution in [-0.2, 0) is 4.79 Å². The lowest BCUT2D eigenvalue weighted by Gasteiger charge is -2.09. The average molecular weight is 373 g/mol. The van der Waals surface area contributed by atoms with Crippen molar-refractivity contribution in [3.63, 3.8) is 0 Å². The van der Waals surface area contributed by atoms with Gasteiger partial charge in [0.05, 0.1) is 25.1 Å². The molecule has 142 valence electrons. The summed E-state index contributed by atoms with van der Waals surface area (Å²) in [6.07, 6.45) is 0. The molecular formula is C18H19N3O6. The van der Waals surface area contributed by atoms with E-state index in [0.717, 1.165) is 11.8 Å². The smallest absolute Gasteiger partial charge is 0.270 e. The quantitative estimate of drug-likeness (QED) is 0.391. The first-order valence-electron chi connectivity index (χ1n) is 8.06. The van der Waals surface area contributed by atoms with Gasteiger partial charge in [0, 0.05) is 17.7 Å². The summed E-state index contributed by atoms with van der Waals surface area (Å²) < 4.78 is 10.5. The number of non-ortho nitro benzene ring substituents is 1. The molecule has 2 amide bonds. The van der Waals surface area contributed by atoms with Gasteiger partial charge in [-0.15, -0.1) is 0 Å². The van der Waals surface area contributed by atoms with Crippen LogP contribution >= 0.6 is 0 Å². The maximum atomic E-state index is 11.9. The Kier molecular flexibility index (Phi) is 7.12. The van der Waals surface area contributed by atoms with E-state index >= 15 is 0 Å². The molecule has 0 aliphatic heterocycles. The fourth-order valence-corrected chi connectivity index (χ4v) is 2.12. The molecule has 0 aliphatic carbocycles. The molecule has 0 bridgehead atoms. The number of methoxy groups -OCH3 is 1. The van der Waals surface area contributed by atoms with E-state index in [9.17, 15) is 19.7 Å². The van der Waals surface area contributed by atoms with Crippen LogP contribution in [0.5, 0.6) is 11.5 Å². The predicted molar refractivity (Wildman–Crippen MR) is 96.9 cm³/mol. The van der Waals surface area contributed by atoms with Crippen molar-refractivity contribution >= 4 is 17.5 Å². The lowest BCUT2D eigenvalue weighted by Crippen LogP contribution is -2.38. The van der Waals surface area contributed by atoms with Gasteiger partial charge >= 0.3 is 0 Å². The average Bonchev–Trinajstić information content (AvgIpc) is 2.70. The first kappa shape index (κ1) is 19.7. The topological polar surface area (TPSA) is 120 Å². The Hall–Kier alpha value is -3.62. The monoisotopic (exact) mass is 373 g/mol. The zero-order chi connectivity index (χ0) is 19.6. The van der Waals surface area contributed by atoms with Crippen molar-refractivity contribution in [1.82, 2.24) is 10.6 Å². The summed E-state index contributed by atoms with van der Waals surface area (Å²) in [7, 11) is 1.57. The highest BCUT2D eigenvalue weighted by Gasteiger charge is 2.12. The van der Waals surface area contributed by atoms with E-state index in [2.05, 4.69) is 10.6 Å². The van der Waals surface area contributed by atoms with Gasteiger partial charge in [-0.3, -0.25) is 19.7 Å². The van der Waals surface area contributed by atoms with Crippen LogP contribution in [0.2, 0.25) is 0 Å². The molecule has 0 unspecified atom stereocenters. The fourth-order valence-electron chi connectivity index (χ4n) is 2.12. The minimum Gasteiger partial charge on any atom is -0.497 e. The summed E-state index contributed by atoms with van der Waals surface area (Å²) in [6.45, 7) is 0.276. The molecular weight excluding hydrogens is 354 g/mol. The van der Waals surface area contributed by atoms with Crippen LogP contribution in [0.25, 0.3) is 0 Å². The Morgan fingerprint density at radius 2 is 1.78 bits per heavy atom. The van der Waals surface area contributed by atoms with Gasteiger partial charge in [-0.2, -0.15) is 0 Å². The molecule has 2 rings (SSSR count). The number of nitro benzene ring substituents is 1. The van der Waals surface area contributed by atoms with Crippen LogP contribution in [0.15, 0.2) is 48.5 Å². The maximum Gasteiger partial charge on any atom is 0.270 e. The fraction of sp³-hybridized carbons (Fsp3) is 0.222. The first-order chi connectivity index (χ1) is 13.0. The van der Waals surface area contributed by atoms with Gasteiger partial charge in [0.15, 0.2) is 0 Å². The van der Waals surface area contributed by atoms with Gasteiger partial charge in [0.2, 0.25) is 5.91 Å². The number of hydrogen-bond donors (Lipinski definition) is 2. The molecule has 0 radical (unpaired) electrons. The largest absolute Gasteiger partial charge is 0.497 e. The highest BCUT2D eigenvalue weighted by atomic mass is 16.6. The van der Waals surface area contributed by atoms with Crippen LogP contribution < -0.4 is 20.1 Å². The lowest BCUT2D eigenvalue weighted by atomic mass is 10.2. The molecule has 0 spiro atoms. The molecule has 0 aromatic heterocycles. The third kappa shape index (κ3) is 6.31. The number of hydrogen-bond acceptors (Lipinski definition) is 6. The minimum atomic E-state index is -0.591. The van der Waals surface area contributed by atoms with Crippen LogP contribution in [0, 0.1) is 10.1 Å². The molecule has 0 saturated heterocycles. The molecule has 0 aliphatic rings. The van der Waals surface area contributed by atoms with Crippen LogP contribution in [0.3, 0.4) is 0 Å². The normalized spacial score (nSPS) is 9.96. The van der Waals surface area contributed by atoms with Crippen molar-refractivity contribution in [3.05, 3.63) is 64.2 Å². The molecule has 27 heavy (non-hydrogen) atoms. The number of benzene rings is 2. The highest BCUT2D eigenvalue weighted by Crippen LogP contribution is 2.16. The van der Waals surface area contributed by atoms with Crippen LogP contribution in [-0.4, -0.2) is 43.5 Å². The number of rotatable bonds is 9. The first-order valence-corrected chi connectivity index (χ1v) is 8.06. The zero-order valence-electron chi connectivity index (χ0n) is 14.6. The van der Waals surface area contributed by atoms with Gasteiger partial charge in [-0.25, -0.2) is 0 Å². The molecule has 2 aromatic carbocycles. The molecule has 2 aromatic rings. The van der Waals surface area contributed by atoms with Gasteiger partial charge in [0.25, 0.3) is 11.6 Å². The SMILES string of the molecule is COc1ccc(OCCNC(=O)CNC(=O)c2cccc([N+](=O)[O-])c2)cc1. The molecule has 9 heteroatoms. The van der Waals surface area contributed by atoms with E-state index in [4.69, 9.17) is 9.47 Å². The van der Waals surface area contributed by atoms with E-state index in [1.165, 1.54) is 18.2 Å². The van der Waals surface area contributed by atoms with Gasteiger partial charge in [-0.05, 0) is 30.3 Å². The molecule has 2 N–H and O–H groups in total. The third-order valence-electron chi connectivity index (χ3n) is 3.48.